The van der Waals surface area contributed by atoms with E-state index in [0.29, 0.717) is 17.4 Å². The minimum atomic E-state index is -0.682. The van der Waals surface area contributed by atoms with Crippen LogP contribution < -0.4 is 5.73 Å². The molecular weight excluding hydrogens is 255 g/mol. The van der Waals surface area contributed by atoms with Crippen LogP contribution in [0.1, 0.15) is 21.6 Å². The Morgan fingerprint density at radius 1 is 1.35 bits per heavy atom. The summed E-state index contributed by atoms with van der Waals surface area (Å²) in [5, 5.41) is 0. The molecule has 98 valence electrons. The third-order valence-electron chi connectivity index (χ3n) is 2.88. The first kappa shape index (κ1) is 13.5. The number of aromatic nitrogens is 1. The number of hydrogen-bond donors (Lipinski definition) is 1. The standard InChI is InChI=1S/C16H11FN2O/c1-3-10-5-7-11(8-6-10)16-14(17)15(18)12(4-2)13(9-20)19-16/h1,4-9H,2H2,(H2,18,19). The molecule has 0 unspecified atom stereocenters. The third-order valence-corrected chi connectivity index (χ3v) is 2.88. The largest absolute Gasteiger partial charge is 0.396 e. The van der Waals surface area contributed by atoms with Gasteiger partial charge in [0.1, 0.15) is 11.4 Å². The van der Waals surface area contributed by atoms with Gasteiger partial charge in [-0.3, -0.25) is 4.79 Å². The van der Waals surface area contributed by atoms with Crippen LogP contribution in [0.2, 0.25) is 0 Å². The topological polar surface area (TPSA) is 56.0 Å². The second-order valence-electron chi connectivity index (χ2n) is 4.03. The lowest BCUT2D eigenvalue weighted by molar-refractivity contribution is 0.111. The van der Waals surface area contributed by atoms with Crippen molar-refractivity contribution in [2.45, 2.75) is 0 Å². The van der Waals surface area contributed by atoms with E-state index in [0.717, 1.165) is 0 Å². The molecule has 20 heavy (non-hydrogen) atoms. The molecule has 4 heteroatoms. The van der Waals surface area contributed by atoms with Gasteiger partial charge in [0.25, 0.3) is 0 Å². The van der Waals surface area contributed by atoms with Crippen LogP contribution in [0.15, 0.2) is 30.8 Å². The zero-order chi connectivity index (χ0) is 14.7. The zero-order valence-electron chi connectivity index (χ0n) is 10.6. The predicted octanol–water partition coefficient (Wildman–Crippen LogP) is 2.91. The van der Waals surface area contributed by atoms with Crippen LogP contribution in [0.5, 0.6) is 0 Å². The van der Waals surface area contributed by atoms with Crippen LogP contribution in [0.25, 0.3) is 17.3 Å². The van der Waals surface area contributed by atoms with Crippen LogP contribution in [0.4, 0.5) is 10.1 Å². The summed E-state index contributed by atoms with van der Waals surface area (Å²) in [4.78, 5) is 15.0. The Labute approximate surface area is 116 Å². The number of nitrogen functional groups attached to an aromatic ring is 1. The number of anilines is 1. The number of aldehydes is 1. The Bertz CT molecular complexity index is 728. The van der Waals surface area contributed by atoms with E-state index in [1.807, 2.05) is 0 Å². The number of carbonyl (C=O) groups is 1. The van der Waals surface area contributed by atoms with E-state index < -0.39 is 5.82 Å². The molecule has 1 heterocycles. The van der Waals surface area contributed by atoms with E-state index >= 15 is 0 Å². The van der Waals surface area contributed by atoms with Gasteiger partial charge in [0, 0.05) is 16.7 Å². The highest BCUT2D eigenvalue weighted by molar-refractivity contribution is 5.86. The SMILES string of the molecule is C#Cc1ccc(-c2nc(C=O)c(C=C)c(N)c2F)cc1. The first-order valence-electron chi connectivity index (χ1n) is 5.76. The average Bonchev–Trinajstić information content (AvgIpc) is 2.50. The van der Waals surface area contributed by atoms with E-state index in [2.05, 4.69) is 17.5 Å². The van der Waals surface area contributed by atoms with Gasteiger partial charge >= 0.3 is 0 Å². The van der Waals surface area contributed by atoms with Crippen molar-refractivity contribution in [3.05, 3.63) is 53.5 Å². The Balaban J connectivity index is 2.68. The molecule has 0 fully saturated rings. The lowest BCUT2D eigenvalue weighted by Gasteiger charge is -2.10. The Hall–Kier alpha value is -2.93. The number of carbonyl (C=O) groups excluding carboxylic acids is 1. The molecule has 0 saturated carbocycles. The van der Waals surface area contributed by atoms with Gasteiger partial charge < -0.3 is 5.73 Å². The summed E-state index contributed by atoms with van der Waals surface area (Å²) in [6.07, 6.45) is 7.08. The average molecular weight is 266 g/mol. The lowest BCUT2D eigenvalue weighted by atomic mass is 10.0. The molecule has 0 aliphatic heterocycles. The first-order valence-corrected chi connectivity index (χ1v) is 5.76. The summed E-state index contributed by atoms with van der Waals surface area (Å²) >= 11 is 0. The van der Waals surface area contributed by atoms with Gasteiger partial charge in [-0.1, -0.05) is 30.7 Å². The van der Waals surface area contributed by atoms with Crippen molar-refractivity contribution < 1.29 is 9.18 Å². The Kier molecular flexibility index (Phi) is 3.62. The summed E-state index contributed by atoms with van der Waals surface area (Å²) < 4.78 is 14.2. The number of nitrogens with zero attached hydrogens (tertiary/aromatic N) is 1. The van der Waals surface area contributed by atoms with Crippen LogP contribution in [-0.2, 0) is 0 Å². The van der Waals surface area contributed by atoms with Gasteiger partial charge in [-0.25, -0.2) is 9.37 Å². The maximum absolute atomic E-state index is 14.2. The number of hydrogen-bond acceptors (Lipinski definition) is 3. The minimum Gasteiger partial charge on any atom is -0.396 e. The highest BCUT2D eigenvalue weighted by Crippen LogP contribution is 2.29. The van der Waals surface area contributed by atoms with E-state index in [9.17, 15) is 9.18 Å². The molecule has 2 rings (SSSR count). The van der Waals surface area contributed by atoms with Crippen LogP contribution in [-0.4, -0.2) is 11.3 Å². The Morgan fingerprint density at radius 3 is 2.50 bits per heavy atom. The number of terminal acetylenes is 1. The van der Waals surface area contributed by atoms with E-state index in [4.69, 9.17) is 12.2 Å². The van der Waals surface area contributed by atoms with Crippen molar-refractivity contribution in [2.75, 3.05) is 5.73 Å². The fourth-order valence-electron chi connectivity index (χ4n) is 1.83. The van der Waals surface area contributed by atoms with Crippen molar-refractivity contribution in [3.8, 4) is 23.6 Å². The maximum Gasteiger partial charge on any atom is 0.172 e. The number of rotatable bonds is 3. The summed E-state index contributed by atoms with van der Waals surface area (Å²) in [5.41, 5.74) is 6.96. The molecule has 3 nitrogen and oxygen atoms in total. The van der Waals surface area contributed by atoms with Crippen molar-refractivity contribution in [1.82, 2.24) is 4.98 Å². The Morgan fingerprint density at radius 2 is 2.00 bits per heavy atom. The van der Waals surface area contributed by atoms with Crippen molar-refractivity contribution in [2.24, 2.45) is 0 Å². The molecule has 0 atom stereocenters. The minimum absolute atomic E-state index is 0.0128. The molecule has 1 aromatic carbocycles. The van der Waals surface area contributed by atoms with Crippen molar-refractivity contribution >= 4 is 18.0 Å². The lowest BCUT2D eigenvalue weighted by Crippen LogP contribution is -2.05. The normalized spacial score (nSPS) is 9.80. The van der Waals surface area contributed by atoms with Gasteiger partial charge in [-0.05, 0) is 12.1 Å². The number of halogens is 1. The molecule has 0 radical (unpaired) electrons. The van der Waals surface area contributed by atoms with Crippen molar-refractivity contribution in [3.63, 3.8) is 0 Å². The van der Waals surface area contributed by atoms with Gasteiger partial charge in [0.15, 0.2) is 12.1 Å². The van der Waals surface area contributed by atoms with E-state index in [1.165, 1.54) is 6.08 Å². The fraction of sp³-hybridized carbons (Fsp3) is 0. The highest BCUT2D eigenvalue weighted by Gasteiger charge is 2.17. The molecule has 0 aliphatic carbocycles. The van der Waals surface area contributed by atoms with Crippen LogP contribution in [0, 0.1) is 18.2 Å². The van der Waals surface area contributed by atoms with E-state index in [1.54, 1.807) is 24.3 Å². The smallest absolute Gasteiger partial charge is 0.172 e. The number of pyridine rings is 1. The number of benzene rings is 1. The first-order chi connectivity index (χ1) is 9.62. The highest BCUT2D eigenvalue weighted by atomic mass is 19.1. The van der Waals surface area contributed by atoms with Gasteiger partial charge in [0.05, 0.1) is 5.69 Å². The predicted molar refractivity (Wildman–Crippen MR) is 77.5 cm³/mol. The monoisotopic (exact) mass is 266 g/mol. The molecule has 0 aliphatic rings. The second-order valence-corrected chi connectivity index (χ2v) is 4.03. The van der Waals surface area contributed by atoms with Gasteiger partial charge in [-0.2, -0.15) is 0 Å². The molecule has 2 N–H and O–H groups in total. The van der Waals surface area contributed by atoms with Crippen LogP contribution in [0.3, 0.4) is 0 Å². The van der Waals surface area contributed by atoms with Gasteiger partial charge in [-0.15, -0.1) is 6.42 Å². The van der Waals surface area contributed by atoms with Crippen LogP contribution >= 0.6 is 0 Å². The number of nitrogens with two attached hydrogens (primary N) is 1. The van der Waals surface area contributed by atoms with Crippen molar-refractivity contribution in [1.29, 1.82) is 0 Å². The summed E-state index contributed by atoms with van der Waals surface area (Å²) in [6.45, 7) is 3.50. The zero-order valence-corrected chi connectivity index (χ0v) is 10.6. The summed E-state index contributed by atoms with van der Waals surface area (Å²) in [7, 11) is 0. The molecule has 2 aromatic rings. The molecular formula is C16H11FN2O. The second kappa shape index (κ2) is 5.37. The molecule has 0 saturated heterocycles. The summed E-state index contributed by atoms with van der Waals surface area (Å²) in [5.74, 6) is 1.78. The molecule has 0 bridgehead atoms. The maximum atomic E-state index is 14.2. The fourth-order valence-corrected chi connectivity index (χ4v) is 1.83. The molecule has 1 aromatic heterocycles. The van der Waals surface area contributed by atoms with Gasteiger partial charge in [0.2, 0.25) is 0 Å². The molecule has 0 amide bonds. The van der Waals surface area contributed by atoms with E-state index in [-0.39, 0.29) is 22.6 Å². The quantitative estimate of drug-likeness (QED) is 0.686. The third kappa shape index (κ3) is 2.17. The summed E-state index contributed by atoms with van der Waals surface area (Å²) in [6, 6.07) is 6.58. The molecule has 0 spiro atoms.